The molecule has 0 unspecified atom stereocenters. The average Bonchev–Trinajstić information content (AvgIpc) is 3.76. The second kappa shape index (κ2) is 11.2. The molecule has 0 fully saturated rings. The van der Waals surface area contributed by atoms with E-state index >= 15 is 0 Å². The van der Waals surface area contributed by atoms with Crippen molar-refractivity contribution in [3.05, 3.63) is 170 Å². The van der Waals surface area contributed by atoms with E-state index in [0.717, 1.165) is 71.3 Å². The maximum Gasteiger partial charge on any atom is 0.238 e. The third-order valence-electron chi connectivity index (χ3n) is 10.2. The van der Waals surface area contributed by atoms with Crippen LogP contribution < -0.4 is 0 Å². The van der Waals surface area contributed by atoms with Gasteiger partial charge in [-0.25, -0.2) is 4.98 Å². The second-order valence-corrected chi connectivity index (χ2v) is 13.1. The fourth-order valence-electron chi connectivity index (χ4n) is 8.01. The molecule has 0 radical (unpaired) electrons. The third kappa shape index (κ3) is 4.12. The number of pyridine rings is 1. The van der Waals surface area contributed by atoms with E-state index in [-0.39, 0.29) is 0 Å². The van der Waals surface area contributed by atoms with E-state index < -0.39 is 0 Å². The van der Waals surface area contributed by atoms with Gasteiger partial charge in [0.05, 0.1) is 27.6 Å². The summed E-state index contributed by atoms with van der Waals surface area (Å²) in [6.07, 6.45) is 1.90. The molecule has 0 bridgehead atoms. The normalized spacial score (nSPS) is 11.8. The molecule has 6 nitrogen and oxygen atoms in total. The number of benzene rings is 7. The quantitative estimate of drug-likeness (QED) is 0.188. The highest BCUT2D eigenvalue weighted by atomic mass is 15.2. The number of hydrogen-bond acceptors (Lipinski definition) is 4. The van der Waals surface area contributed by atoms with Crippen molar-refractivity contribution in [2.24, 2.45) is 0 Å². The highest BCUT2D eigenvalue weighted by Crippen LogP contribution is 2.47. The summed E-state index contributed by atoms with van der Waals surface area (Å²) in [6.45, 7) is 0. The van der Waals surface area contributed by atoms with Gasteiger partial charge in [0.25, 0.3) is 0 Å². The van der Waals surface area contributed by atoms with Crippen molar-refractivity contribution >= 4 is 65.3 Å². The van der Waals surface area contributed by atoms with E-state index in [9.17, 15) is 0 Å². The molecule has 0 amide bonds. The SMILES string of the molecule is c1ccc(-c2nc(-c3ccccc3)nc(-n3c4ccc5ccccc5c4c4c5cccnc5c5c(c6ccccc6n5-c5ccccc5)c43)n2)cc1. The van der Waals surface area contributed by atoms with Crippen LogP contribution in [0.3, 0.4) is 0 Å². The van der Waals surface area contributed by atoms with E-state index in [1.807, 2.05) is 48.7 Å². The van der Waals surface area contributed by atoms with Gasteiger partial charge in [0.1, 0.15) is 0 Å². The van der Waals surface area contributed by atoms with Gasteiger partial charge in [-0.3, -0.25) is 9.55 Å². The molecule has 0 saturated carbocycles. The van der Waals surface area contributed by atoms with Crippen LogP contribution >= 0.6 is 0 Å². The van der Waals surface area contributed by atoms with Crippen LogP contribution in [0.1, 0.15) is 0 Å². The van der Waals surface area contributed by atoms with Crippen LogP contribution in [0.5, 0.6) is 0 Å². The lowest BCUT2D eigenvalue weighted by atomic mass is 9.99. The molecule has 0 N–H and O–H groups in total. The fraction of sp³-hybridized carbons (Fsp3) is 0. The predicted molar refractivity (Wildman–Crippen MR) is 212 cm³/mol. The van der Waals surface area contributed by atoms with Gasteiger partial charge in [0, 0.05) is 49.9 Å². The van der Waals surface area contributed by atoms with Crippen molar-refractivity contribution in [3.8, 4) is 34.4 Å². The summed E-state index contributed by atoms with van der Waals surface area (Å²) in [5.74, 6) is 1.79. The highest BCUT2D eigenvalue weighted by Gasteiger charge is 2.27. The number of nitrogens with zero attached hydrogens (tertiary/aromatic N) is 6. The van der Waals surface area contributed by atoms with Gasteiger partial charge < -0.3 is 4.57 Å². The molecule has 0 saturated heterocycles. The molecular weight excluding hydrogens is 637 g/mol. The van der Waals surface area contributed by atoms with Crippen LogP contribution in [0, 0.1) is 0 Å². The summed E-state index contributed by atoms with van der Waals surface area (Å²) in [5, 5.41) is 7.92. The van der Waals surface area contributed by atoms with E-state index in [1.165, 1.54) is 10.8 Å². The minimum atomic E-state index is 0.559. The van der Waals surface area contributed by atoms with Crippen LogP contribution in [0.15, 0.2) is 170 Å². The van der Waals surface area contributed by atoms with Crippen molar-refractivity contribution in [2.45, 2.75) is 0 Å². The van der Waals surface area contributed by atoms with Crippen LogP contribution in [-0.4, -0.2) is 29.1 Å². The maximum absolute atomic E-state index is 5.30. The zero-order valence-electron chi connectivity index (χ0n) is 27.8. The van der Waals surface area contributed by atoms with E-state index in [4.69, 9.17) is 19.9 Å². The summed E-state index contributed by atoms with van der Waals surface area (Å²) in [5.41, 5.74) is 8.09. The van der Waals surface area contributed by atoms with Crippen LogP contribution in [0.25, 0.3) is 99.7 Å². The lowest BCUT2D eigenvalue weighted by molar-refractivity contribution is 0.955. The zero-order chi connectivity index (χ0) is 34.2. The summed E-state index contributed by atoms with van der Waals surface area (Å²) < 4.78 is 4.63. The summed E-state index contributed by atoms with van der Waals surface area (Å²) in [4.78, 5) is 20.8. The molecule has 0 aliphatic carbocycles. The Labute approximate surface area is 297 Å². The van der Waals surface area contributed by atoms with E-state index in [1.54, 1.807) is 0 Å². The minimum absolute atomic E-state index is 0.559. The maximum atomic E-state index is 5.30. The van der Waals surface area contributed by atoms with Gasteiger partial charge in [-0.2, -0.15) is 9.97 Å². The van der Waals surface area contributed by atoms with Gasteiger partial charge in [0.2, 0.25) is 5.95 Å². The molecule has 4 heterocycles. The van der Waals surface area contributed by atoms with Crippen LogP contribution in [-0.2, 0) is 0 Å². The lowest BCUT2D eigenvalue weighted by Gasteiger charge is -2.13. The lowest BCUT2D eigenvalue weighted by Crippen LogP contribution is -2.06. The smallest absolute Gasteiger partial charge is 0.238 e. The Kier molecular flexibility index (Phi) is 6.15. The summed E-state index contributed by atoms with van der Waals surface area (Å²) in [7, 11) is 0. The van der Waals surface area contributed by atoms with Crippen molar-refractivity contribution in [1.82, 2.24) is 29.1 Å². The van der Waals surface area contributed by atoms with Gasteiger partial charge >= 0.3 is 0 Å². The Morgan fingerprint density at radius 1 is 0.385 bits per heavy atom. The van der Waals surface area contributed by atoms with E-state index in [0.29, 0.717) is 17.6 Å². The molecule has 11 rings (SSSR count). The first-order valence-electron chi connectivity index (χ1n) is 17.4. The monoisotopic (exact) mass is 664 g/mol. The Bertz CT molecular complexity index is 3110. The summed E-state index contributed by atoms with van der Waals surface area (Å²) >= 11 is 0. The Balaban J connectivity index is 1.42. The van der Waals surface area contributed by atoms with Gasteiger partial charge in [-0.1, -0.05) is 133 Å². The average molecular weight is 665 g/mol. The van der Waals surface area contributed by atoms with Gasteiger partial charge in [-0.05, 0) is 41.1 Å². The molecule has 6 heteroatoms. The van der Waals surface area contributed by atoms with Gasteiger partial charge in [-0.15, -0.1) is 0 Å². The van der Waals surface area contributed by atoms with Gasteiger partial charge in [0.15, 0.2) is 11.6 Å². The number of para-hydroxylation sites is 2. The Morgan fingerprint density at radius 2 is 1.00 bits per heavy atom. The predicted octanol–water partition coefficient (Wildman–Crippen LogP) is 11.1. The highest BCUT2D eigenvalue weighted by molar-refractivity contribution is 6.38. The third-order valence-corrected chi connectivity index (χ3v) is 10.2. The number of aromatic nitrogens is 6. The molecule has 0 aliphatic rings. The molecule has 242 valence electrons. The van der Waals surface area contributed by atoms with Crippen molar-refractivity contribution in [1.29, 1.82) is 0 Å². The Morgan fingerprint density at radius 3 is 1.73 bits per heavy atom. The molecule has 52 heavy (non-hydrogen) atoms. The first-order valence-corrected chi connectivity index (χ1v) is 17.4. The summed E-state index contributed by atoms with van der Waals surface area (Å²) in [6, 6.07) is 56.9. The second-order valence-electron chi connectivity index (χ2n) is 13.1. The number of fused-ring (bicyclic) bond motifs is 12. The van der Waals surface area contributed by atoms with Crippen molar-refractivity contribution in [3.63, 3.8) is 0 Å². The molecular formula is C46H28N6. The van der Waals surface area contributed by atoms with Crippen molar-refractivity contribution < 1.29 is 0 Å². The van der Waals surface area contributed by atoms with Crippen LogP contribution in [0.4, 0.5) is 0 Å². The number of hydrogen-bond donors (Lipinski definition) is 0. The zero-order valence-corrected chi connectivity index (χ0v) is 27.8. The number of rotatable bonds is 4. The molecule has 11 aromatic rings. The molecule has 4 aromatic heterocycles. The fourth-order valence-corrected chi connectivity index (χ4v) is 8.01. The molecule has 0 atom stereocenters. The topological polar surface area (TPSA) is 61.4 Å². The van der Waals surface area contributed by atoms with Crippen LogP contribution in [0.2, 0.25) is 0 Å². The van der Waals surface area contributed by atoms with E-state index in [2.05, 4.69) is 130 Å². The van der Waals surface area contributed by atoms with Crippen molar-refractivity contribution in [2.75, 3.05) is 0 Å². The standard InChI is InChI=1S/C46H28N6/c1-4-16-30(17-5-1)44-48-45(31-18-6-2-7-19-31)50-46(49-44)52-37-27-26-29-15-10-11-22-33(29)38(37)39-35-24-14-28-47-41(35)43-40(42(39)52)34-23-12-13-25-36(34)51(43)32-20-8-3-9-21-32/h1-28H. The molecule has 7 aromatic carbocycles. The molecule has 0 spiro atoms. The largest absolute Gasteiger partial charge is 0.307 e. The first-order chi connectivity index (χ1) is 25.8. The molecule has 0 aliphatic heterocycles. The first kappa shape index (κ1) is 28.6. The minimum Gasteiger partial charge on any atom is -0.307 e. The Hall–Kier alpha value is -7.18.